The molecule has 0 radical (unpaired) electrons. The highest BCUT2D eigenvalue weighted by Gasteiger charge is 2.13. The Morgan fingerprint density at radius 1 is 0.735 bits per heavy atom. The molecule has 0 heterocycles. The van der Waals surface area contributed by atoms with Crippen molar-refractivity contribution in [3.05, 3.63) is 78.9 Å². The standard InChI is InChI=1S/C27H30N4O3/c1-3-31(19-27(34)29-23-15-13-22(14-16-23)28-20(2)32)18-17-26(33)30-25-12-8-7-11-24(25)21-9-5-4-6-10-21/h4-16H,3,17-19H2,1-2H3,(H,28,32)(H,29,34)(H,30,33). The molecule has 0 atom stereocenters. The molecular formula is C27H30N4O3. The Bertz CT molecular complexity index is 1110. The molecule has 0 aliphatic heterocycles. The lowest BCUT2D eigenvalue weighted by Gasteiger charge is -2.20. The Morgan fingerprint density at radius 3 is 2.00 bits per heavy atom. The van der Waals surface area contributed by atoms with E-state index in [1.165, 1.54) is 6.92 Å². The van der Waals surface area contributed by atoms with Crippen LogP contribution in [0.4, 0.5) is 17.1 Å². The summed E-state index contributed by atoms with van der Waals surface area (Å²) in [5.74, 6) is -0.414. The highest BCUT2D eigenvalue weighted by Crippen LogP contribution is 2.27. The number of nitrogens with zero attached hydrogens (tertiary/aromatic N) is 1. The van der Waals surface area contributed by atoms with Crippen molar-refractivity contribution in [1.82, 2.24) is 4.90 Å². The SMILES string of the molecule is CCN(CCC(=O)Nc1ccccc1-c1ccccc1)CC(=O)Nc1ccc(NC(C)=O)cc1. The molecule has 0 bridgehead atoms. The van der Waals surface area contributed by atoms with Crippen molar-refractivity contribution in [2.75, 3.05) is 35.6 Å². The Labute approximate surface area is 200 Å². The van der Waals surface area contributed by atoms with E-state index < -0.39 is 0 Å². The predicted molar refractivity (Wildman–Crippen MR) is 137 cm³/mol. The fourth-order valence-corrected chi connectivity index (χ4v) is 3.53. The van der Waals surface area contributed by atoms with Gasteiger partial charge in [0.1, 0.15) is 0 Å². The predicted octanol–water partition coefficient (Wildman–Crippen LogP) is 4.60. The van der Waals surface area contributed by atoms with E-state index in [1.807, 2.05) is 66.4 Å². The van der Waals surface area contributed by atoms with E-state index in [-0.39, 0.29) is 30.7 Å². The van der Waals surface area contributed by atoms with Crippen LogP contribution in [0.25, 0.3) is 11.1 Å². The zero-order valence-corrected chi connectivity index (χ0v) is 19.5. The van der Waals surface area contributed by atoms with Crippen LogP contribution in [0.5, 0.6) is 0 Å². The van der Waals surface area contributed by atoms with Crippen LogP contribution in [0, 0.1) is 0 Å². The summed E-state index contributed by atoms with van der Waals surface area (Å²) in [6.45, 7) is 4.68. The van der Waals surface area contributed by atoms with E-state index in [1.54, 1.807) is 24.3 Å². The highest BCUT2D eigenvalue weighted by atomic mass is 16.2. The van der Waals surface area contributed by atoms with Crippen molar-refractivity contribution in [3.8, 4) is 11.1 Å². The third-order valence-corrected chi connectivity index (χ3v) is 5.24. The molecule has 34 heavy (non-hydrogen) atoms. The molecule has 0 aliphatic rings. The number of hydrogen-bond acceptors (Lipinski definition) is 4. The summed E-state index contributed by atoms with van der Waals surface area (Å²) in [7, 11) is 0. The van der Waals surface area contributed by atoms with Gasteiger partial charge in [-0.2, -0.15) is 0 Å². The first-order chi connectivity index (χ1) is 16.4. The number of anilines is 3. The molecule has 3 N–H and O–H groups in total. The molecule has 3 aromatic carbocycles. The van der Waals surface area contributed by atoms with Crippen LogP contribution >= 0.6 is 0 Å². The second kappa shape index (κ2) is 12.3. The van der Waals surface area contributed by atoms with Gasteiger partial charge in [-0.3, -0.25) is 19.3 Å². The van der Waals surface area contributed by atoms with Gasteiger partial charge in [-0.25, -0.2) is 0 Å². The molecule has 0 fully saturated rings. The zero-order chi connectivity index (χ0) is 24.3. The molecule has 0 saturated heterocycles. The maximum absolute atomic E-state index is 12.6. The van der Waals surface area contributed by atoms with Crippen LogP contribution in [0.2, 0.25) is 0 Å². The average Bonchev–Trinajstić information content (AvgIpc) is 2.83. The Morgan fingerprint density at radius 2 is 1.35 bits per heavy atom. The van der Waals surface area contributed by atoms with Gasteiger partial charge in [-0.15, -0.1) is 0 Å². The zero-order valence-electron chi connectivity index (χ0n) is 19.5. The molecule has 3 amide bonds. The molecule has 7 heteroatoms. The van der Waals surface area contributed by atoms with E-state index in [0.717, 1.165) is 16.8 Å². The van der Waals surface area contributed by atoms with Gasteiger partial charge < -0.3 is 16.0 Å². The first-order valence-corrected chi connectivity index (χ1v) is 11.3. The molecule has 0 saturated carbocycles. The van der Waals surface area contributed by atoms with Crippen LogP contribution in [-0.2, 0) is 14.4 Å². The van der Waals surface area contributed by atoms with Crippen molar-refractivity contribution in [3.63, 3.8) is 0 Å². The van der Waals surface area contributed by atoms with Crippen LogP contribution in [0.1, 0.15) is 20.3 Å². The number of hydrogen-bond donors (Lipinski definition) is 3. The quantitative estimate of drug-likeness (QED) is 0.414. The molecule has 3 rings (SSSR count). The van der Waals surface area contributed by atoms with E-state index in [4.69, 9.17) is 0 Å². The van der Waals surface area contributed by atoms with Gasteiger partial charge in [0.15, 0.2) is 0 Å². The van der Waals surface area contributed by atoms with E-state index in [9.17, 15) is 14.4 Å². The van der Waals surface area contributed by atoms with Gasteiger partial charge in [0.25, 0.3) is 0 Å². The van der Waals surface area contributed by atoms with E-state index in [0.29, 0.717) is 24.5 Å². The van der Waals surface area contributed by atoms with Crippen LogP contribution in [-0.4, -0.2) is 42.3 Å². The lowest BCUT2D eigenvalue weighted by molar-refractivity contribution is -0.119. The maximum atomic E-state index is 12.6. The summed E-state index contributed by atoms with van der Waals surface area (Å²) < 4.78 is 0. The Hall–Kier alpha value is -3.97. The average molecular weight is 459 g/mol. The molecule has 7 nitrogen and oxygen atoms in total. The summed E-state index contributed by atoms with van der Waals surface area (Å²) in [5.41, 5.74) is 4.08. The largest absolute Gasteiger partial charge is 0.326 e. The molecule has 0 spiro atoms. The normalized spacial score (nSPS) is 10.6. The third kappa shape index (κ3) is 7.56. The first-order valence-electron chi connectivity index (χ1n) is 11.3. The topological polar surface area (TPSA) is 90.5 Å². The number of carbonyl (C=O) groups is 3. The number of amides is 3. The van der Waals surface area contributed by atoms with Gasteiger partial charge in [0, 0.05) is 42.5 Å². The van der Waals surface area contributed by atoms with Gasteiger partial charge in [0.05, 0.1) is 6.54 Å². The van der Waals surface area contributed by atoms with Gasteiger partial charge in [-0.05, 0) is 42.4 Å². The maximum Gasteiger partial charge on any atom is 0.238 e. The van der Waals surface area contributed by atoms with Crippen molar-refractivity contribution < 1.29 is 14.4 Å². The number of rotatable bonds is 10. The third-order valence-electron chi connectivity index (χ3n) is 5.24. The lowest BCUT2D eigenvalue weighted by Crippen LogP contribution is -2.35. The van der Waals surface area contributed by atoms with Gasteiger partial charge >= 0.3 is 0 Å². The number of likely N-dealkylation sites (N-methyl/N-ethyl adjacent to an activating group) is 1. The van der Waals surface area contributed by atoms with Gasteiger partial charge in [0.2, 0.25) is 17.7 Å². The Balaban J connectivity index is 1.50. The van der Waals surface area contributed by atoms with Crippen molar-refractivity contribution in [2.24, 2.45) is 0 Å². The molecule has 3 aromatic rings. The minimum atomic E-state index is -0.163. The summed E-state index contributed by atoms with van der Waals surface area (Å²) in [4.78, 5) is 38.1. The number of benzene rings is 3. The number of carbonyl (C=O) groups excluding carboxylic acids is 3. The second-order valence-electron chi connectivity index (χ2n) is 7.89. The minimum Gasteiger partial charge on any atom is -0.326 e. The van der Waals surface area contributed by atoms with E-state index >= 15 is 0 Å². The summed E-state index contributed by atoms with van der Waals surface area (Å²) in [5, 5.41) is 8.54. The summed E-state index contributed by atoms with van der Waals surface area (Å²) in [6.07, 6.45) is 0.273. The lowest BCUT2D eigenvalue weighted by atomic mass is 10.0. The highest BCUT2D eigenvalue weighted by molar-refractivity contribution is 5.96. The monoisotopic (exact) mass is 458 g/mol. The van der Waals surface area contributed by atoms with Crippen LogP contribution in [0.3, 0.4) is 0 Å². The molecule has 0 aliphatic carbocycles. The molecule has 176 valence electrons. The molecular weight excluding hydrogens is 428 g/mol. The van der Waals surface area contributed by atoms with Crippen molar-refractivity contribution >= 4 is 34.8 Å². The van der Waals surface area contributed by atoms with Crippen LogP contribution < -0.4 is 16.0 Å². The fourth-order valence-electron chi connectivity index (χ4n) is 3.53. The first kappa shape index (κ1) is 24.7. The molecule has 0 unspecified atom stereocenters. The minimum absolute atomic E-state index is 0.101. The van der Waals surface area contributed by atoms with Gasteiger partial charge in [-0.1, -0.05) is 55.5 Å². The smallest absolute Gasteiger partial charge is 0.238 e. The van der Waals surface area contributed by atoms with Crippen LogP contribution in [0.15, 0.2) is 78.9 Å². The summed E-state index contributed by atoms with van der Waals surface area (Å²) >= 11 is 0. The molecule has 0 aromatic heterocycles. The number of para-hydroxylation sites is 1. The van der Waals surface area contributed by atoms with Crippen molar-refractivity contribution in [1.29, 1.82) is 0 Å². The van der Waals surface area contributed by atoms with E-state index in [2.05, 4.69) is 16.0 Å². The summed E-state index contributed by atoms with van der Waals surface area (Å²) in [6, 6.07) is 24.6. The van der Waals surface area contributed by atoms with Crippen molar-refractivity contribution in [2.45, 2.75) is 20.3 Å². The fraction of sp³-hybridized carbons (Fsp3) is 0.222. The Kier molecular flexibility index (Phi) is 8.94. The second-order valence-corrected chi connectivity index (χ2v) is 7.89. The number of nitrogens with one attached hydrogen (secondary N) is 3.